The van der Waals surface area contributed by atoms with E-state index in [1.807, 2.05) is 27.7 Å². The Hall–Kier alpha value is -0.680. The number of hydrogen-bond donors (Lipinski definition) is 0. The lowest BCUT2D eigenvalue weighted by Crippen LogP contribution is -2.38. The Labute approximate surface area is 111 Å². The maximum Gasteiger partial charge on any atom is 0.267 e. The van der Waals surface area contributed by atoms with Crippen LogP contribution in [0.3, 0.4) is 0 Å². The molecule has 0 unspecified atom stereocenters. The summed E-state index contributed by atoms with van der Waals surface area (Å²) in [5.74, 6) is 0.629. The quantitative estimate of drug-likeness (QED) is 0.776. The lowest BCUT2D eigenvalue weighted by Gasteiger charge is -2.25. The highest BCUT2D eigenvalue weighted by molar-refractivity contribution is 7.08. The number of rotatable bonds is 5. The maximum atomic E-state index is 12.4. The highest BCUT2D eigenvalue weighted by Gasteiger charge is 2.25. The van der Waals surface area contributed by atoms with Crippen molar-refractivity contribution in [3.8, 4) is 0 Å². The van der Waals surface area contributed by atoms with E-state index in [2.05, 4.69) is 9.59 Å². The van der Waals surface area contributed by atoms with Crippen molar-refractivity contribution in [2.75, 3.05) is 12.4 Å². The lowest BCUT2D eigenvalue weighted by molar-refractivity contribution is 0.0721. The van der Waals surface area contributed by atoms with Gasteiger partial charge >= 0.3 is 0 Å². The second-order valence-corrected chi connectivity index (χ2v) is 5.56. The van der Waals surface area contributed by atoms with Crippen molar-refractivity contribution in [2.24, 2.45) is 0 Å². The van der Waals surface area contributed by atoms with E-state index in [-0.39, 0.29) is 17.9 Å². The summed E-state index contributed by atoms with van der Waals surface area (Å²) >= 11 is 6.89. The molecule has 17 heavy (non-hydrogen) atoms. The topological polar surface area (TPSA) is 46.1 Å². The van der Waals surface area contributed by atoms with Crippen LogP contribution in [-0.4, -0.2) is 38.9 Å². The molecule has 0 spiro atoms. The van der Waals surface area contributed by atoms with Crippen LogP contribution in [0.2, 0.25) is 0 Å². The number of aromatic nitrogens is 2. The van der Waals surface area contributed by atoms with Gasteiger partial charge in [-0.3, -0.25) is 4.79 Å². The molecule has 0 aliphatic heterocycles. The molecule has 0 N–H and O–H groups in total. The van der Waals surface area contributed by atoms with Gasteiger partial charge in [0.15, 0.2) is 0 Å². The first-order chi connectivity index (χ1) is 7.99. The van der Waals surface area contributed by atoms with Gasteiger partial charge < -0.3 is 4.90 Å². The first-order valence-corrected chi connectivity index (χ1v) is 6.99. The van der Waals surface area contributed by atoms with Gasteiger partial charge in [-0.2, -0.15) is 0 Å². The fraction of sp³-hybridized carbons (Fsp3) is 0.727. The van der Waals surface area contributed by atoms with Gasteiger partial charge in [0, 0.05) is 18.5 Å². The highest BCUT2D eigenvalue weighted by Crippen LogP contribution is 2.22. The minimum Gasteiger partial charge on any atom is -0.334 e. The van der Waals surface area contributed by atoms with Gasteiger partial charge in [-0.15, -0.1) is 16.7 Å². The van der Waals surface area contributed by atoms with Gasteiger partial charge in [0.1, 0.15) is 4.88 Å². The molecule has 1 aromatic heterocycles. The van der Waals surface area contributed by atoms with E-state index in [4.69, 9.17) is 11.6 Å². The van der Waals surface area contributed by atoms with Crippen molar-refractivity contribution in [3.63, 3.8) is 0 Å². The van der Waals surface area contributed by atoms with Crippen LogP contribution in [0.4, 0.5) is 0 Å². The molecule has 1 aromatic rings. The van der Waals surface area contributed by atoms with Crippen molar-refractivity contribution < 1.29 is 4.79 Å². The summed E-state index contributed by atoms with van der Waals surface area (Å²) in [7, 11) is 0. The first kappa shape index (κ1) is 14.4. The normalized spacial score (nSPS) is 11.2. The predicted octanol–water partition coefficient (Wildman–Crippen LogP) is 2.75. The van der Waals surface area contributed by atoms with Crippen LogP contribution in [0, 0.1) is 0 Å². The van der Waals surface area contributed by atoms with Crippen molar-refractivity contribution in [1.82, 2.24) is 14.5 Å². The molecule has 0 aliphatic carbocycles. The summed E-state index contributed by atoms with van der Waals surface area (Å²) in [5, 5.41) is 4.03. The molecule has 0 radical (unpaired) electrons. The number of hydrogen-bond acceptors (Lipinski definition) is 4. The predicted molar refractivity (Wildman–Crippen MR) is 70.9 cm³/mol. The number of halogens is 1. The van der Waals surface area contributed by atoms with Gasteiger partial charge in [0.05, 0.1) is 5.69 Å². The van der Waals surface area contributed by atoms with E-state index in [0.29, 0.717) is 17.3 Å². The molecule has 0 fully saturated rings. The molecular formula is C11H18ClN3OS. The average molecular weight is 276 g/mol. The third-order valence-electron chi connectivity index (χ3n) is 2.46. The first-order valence-electron chi connectivity index (χ1n) is 5.68. The fourth-order valence-corrected chi connectivity index (χ4v) is 2.50. The number of amides is 1. The molecule has 0 aromatic carbocycles. The van der Waals surface area contributed by atoms with Crippen molar-refractivity contribution in [1.29, 1.82) is 0 Å². The Morgan fingerprint density at radius 3 is 2.53 bits per heavy atom. The molecular weight excluding hydrogens is 258 g/mol. The molecule has 1 heterocycles. The van der Waals surface area contributed by atoms with Gasteiger partial charge in [0.2, 0.25) is 0 Å². The van der Waals surface area contributed by atoms with Gasteiger partial charge in [-0.05, 0) is 31.3 Å². The van der Waals surface area contributed by atoms with Crippen LogP contribution in [0.5, 0.6) is 0 Å². The number of carbonyl (C=O) groups excluding carboxylic acids is 1. The molecule has 6 heteroatoms. The third kappa shape index (κ3) is 3.39. The molecule has 4 nitrogen and oxygen atoms in total. The van der Waals surface area contributed by atoms with Crippen LogP contribution < -0.4 is 0 Å². The van der Waals surface area contributed by atoms with Crippen LogP contribution >= 0.6 is 23.1 Å². The van der Waals surface area contributed by atoms with Crippen molar-refractivity contribution in [2.45, 2.75) is 39.7 Å². The summed E-state index contributed by atoms with van der Waals surface area (Å²) in [4.78, 5) is 14.8. The molecule has 1 rings (SSSR count). The van der Waals surface area contributed by atoms with Gasteiger partial charge in [0.25, 0.3) is 5.91 Å². The largest absolute Gasteiger partial charge is 0.334 e. The van der Waals surface area contributed by atoms with Crippen molar-refractivity contribution in [3.05, 3.63) is 10.6 Å². The maximum absolute atomic E-state index is 12.4. The smallest absolute Gasteiger partial charge is 0.267 e. The zero-order valence-electron chi connectivity index (χ0n) is 10.6. The molecule has 0 saturated carbocycles. The van der Waals surface area contributed by atoms with Gasteiger partial charge in [-0.1, -0.05) is 18.3 Å². The SMILES string of the molecule is CC(C)c1nnsc1C(=O)N(CCCl)C(C)C. The van der Waals surface area contributed by atoms with E-state index in [1.165, 1.54) is 0 Å². The fourth-order valence-electron chi connectivity index (χ4n) is 1.54. The Balaban J connectivity index is 2.97. The molecule has 0 saturated heterocycles. The second kappa shape index (κ2) is 6.31. The second-order valence-electron chi connectivity index (χ2n) is 4.42. The summed E-state index contributed by atoms with van der Waals surface area (Å²) in [6.07, 6.45) is 0. The summed E-state index contributed by atoms with van der Waals surface area (Å²) in [5.41, 5.74) is 0.778. The summed E-state index contributed by atoms with van der Waals surface area (Å²) < 4.78 is 3.88. The monoisotopic (exact) mass is 275 g/mol. The van der Waals surface area contributed by atoms with E-state index < -0.39 is 0 Å². The van der Waals surface area contributed by atoms with Crippen LogP contribution in [0.1, 0.15) is 49.0 Å². The Bertz CT molecular complexity index is 379. The molecule has 0 bridgehead atoms. The summed E-state index contributed by atoms with van der Waals surface area (Å²) in [6, 6.07) is 0.128. The molecule has 0 atom stereocenters. The molecule has 1 amide bonds. The third-order valence-corrected chi connectivity index (χ3v) is 3.36. The van der Waals surface area contributed by atoms with E-state index in [9.17, 15) is 4.79 Å². The standard InChI is InChI=1S/C11H18ClN3OS/c1-7(2)9-10(17-14-13-9)11(16)15(6-5-12)8(3)4/h7-8H,5-6H2,1-4H3. The average Bonchev–Trinajstić information content (AvgIpc) is 2.73. The number of nitrogens with zero attached hydrogens (tertiary/aromatic N) is 3. The minimum absolute atomic E-state index is 0.0145. The Kier molecular flexibility index (Phi) is 5.33. The zero-order chi connectivity index (χ0) is 13.0. The van der Waals surface area contributed by atoms with E-state index in [0.717, 1.165) is 17.2 Å². The Morgan fingerprint density at radius 2 is 2.06 bits per heavy atom. The van der Waals surface area contributed by atoms with Crippen LogP contribution in [-0.2, 0) is 0 Å². The number of carbonyl (C=O) groups is 1. The molecule has 0 aliphatic rings. The Morgan fingerprint density at radius 1 is 1.41 bits per heavy atom. The van der Waals surface area contributed by atoms with E-state index in [1.54, 1.807) is 4.90 Å². The van der Waals surface area contributed by atoms with Crippen LogP contribution in [0.25, 0.3) is 0 Å². The van der Waals surface area contributed by atoms with Crippen molar-refractivity contribution >= 4 is 29.0 Å². The zero-order valence-corrected chi connectivity index (χ0v) is 12.2. The molecule has 96 valence electrons. The lowest BCUT2D eigenvalue weighted by atomic mass is 10.1. The summed E-state index contributed by atoms with van der Waals surface area (Å²) in [6.45, 7) is 8.53. The van der Waals surface area contributed by atoms with Gasteiger partial charge in [-0.25, -0.2) is 0 Å². The van der Waals surface area contributed by atoms with Crippen LogP contribution in [0.15, 0.2) is 0 Å². The van der Waals surface area contributed by atoms with E-state index >= 15 is 0 Å². The highest BCUT2D eigenvalue weighted by atomic mass is 35.5. The minimum atomic E-state index is -0.0145. The number of alkyl halides is 1.